The van der Waals surface area contributed by atoms with Gasteiger partial charge in [-0.25, -0.2) is 0 Å². The van der Waals surface area contributed by atoms with Crippen molar-refractivity contribution in [3.8, 4) is 0 Å². The summed E-state index contributed by atoms with van der Waals surface area (Å²) < 4.78 is 0. The van der Waals surface area contributed by atoms with E-state index in [4.69, 9.17) is 5.73 Å². The number of hydrogen-bond donors (Lipinski definition) is 1. The molecule has 0 aromatic rings. The number of hydrogen-bond acceptors (Lipinski definition) is 2. The van der Waals surface area contributed by atoms with Crippen molar-refractivity contribution in [2.75, 3.05) is 13.1 Å². The lowest BCUT2D eigenvalue weighted by molar-refractivity contribution is 0.155. The fourth-order valence-electron chi connectivity index (χ4n) is 2.45. The minimum atomic E-state index is 0.589. The fourth-order valence-corrected chi connectivity index (χ4v) is 2.45. The molecule has 0 heterocycles. The van der Waals surface area contributed by atoms with Crippen LogP contribution >= 0.6 is 0 Å². The number of nitrogens with two attached hydrogens (primary N) is 1. The smallest absolute Gasteiger partial charge is 0.0220 e. The van der Waals surface area contributed by atoms with Gasteiger partial charge in [0.25, 0.3) is 0 Å². The van der Waals surface area contributed by atoms with E-state index in [1.54, 1.807) is 0 Å². The van der Waals surface area contributed by atoms with E-state index in [2.05, 4.69) is 32.6 Å². The minimum Gasteiger partial charge on any atom is -0.329 e. The molecule has 0 amide bonds. The minimum absolute atomic E-state index is 0.589. The molecule has 0 rings (SSSR count). The van der Waals surface area contributed by atoms with Gasteiger partial charge in [0.2, 0.25) is 0 Å². The lowest BCUT2D eigenvalue weighted by Crippen LogP contribution is -2.44. The molecule has 0 bridgehead atoms. The van der Waals surface area contributed by atoms with Gasteiger partial charge in [-0.15, -0.1) is 0 Å². The fraction of sp³-hybridized carbons (Fsp3) is 1.00. The summed E-state index contributed by atoms with van der Waals surface area (Å²) in [5, 5.41) is 0. The second-order valence-corrected chi connectivity index (χ2v) is 5.02. The van der Waals surface area contributed by atoms with Gasteiger partial charge >= 0.3 is 0 Å². The first kappa shape index (κ1) is 15.9. The van der Waals surface area contributed by atoms with E-state index in [-0.39, 0.29) is 0 Å². The zero-order chi connectivity index (χ0) is 12.4. The second-order valence-electron chi connectivity index (χ2n) is 5.02. The van der Waals surface area contributed by atoms with Crippen molar-refractivity contribution in [3.05, 3.63) is 0 Å². The summed E-state index contributed by atoms with van der Waals surface area (Å²) in [6, 6.07) is 1.21. The number of nitrogens with zero attached hydrogens (tertiary/aromatic N) is 1. The van der Waals surface area contributed by atoms with Gasteiger partial charge in [0, 0.05) is 18.6 Å². The van der Waals surface area contributed by atoms with Crippen molar-refractivity contribution < 1.29 is 0 Å². The first-order valence-corrected chi connectivity index (χ1v) is 7.13. The molecule has 98 valence electrons. The molecule has 16 heavy (non-hydrogen) atoms. The third-order valence-electron chi connectivity index (χ3n) is 3.41. The summed E-state index contributed by atoms with van der Waals surface area (Å²) in [5.41, 5.74) is 5.89. The molecular weight excluding hydrogens is 196 g/mol. The van der Waals surface area contributed by atoms with Gasteiger partial charge in [0.15, 0.2) is 0 Å². The predicted molar refractivity (Wildman–Crippen MR) is 73.7 cm³/mol. The zero-order valence-corrected chi connectivity index (χ0v) is 11.8. The Bertz CT molecular complexity index is 146. The van der Waals surface area contributed by atoms with Gasteiger partial charge in [0.1, 0.15) is 0 Å². The molecule has 0 aliphatic heterocycles. The van der Waals surface area contributed by atoms with Gasteiger partial charge in [-0.2, -0.15) is 0 Å². The van der Waals surface area contributed by atoms with Crippen LogP contribution in [0.4, 0.5) is 0 Å². The molecule has 0 aromatic heterocycles. The molecule has 0 aliphatic rings. The Morgan fingerprint density at radius 3 is 2.06 bits per heavy atom. The van der Waals surface area contributed by atoms with E-state index in [1.165, 1.54) is 38.5 Å². The summed E-state index contributed by atoms with van der Waals surface area (Å²) >= 11 is 0. The number of unbranched alkanes of at least 4 members (excludes halogenated alkanes) is 4. The molecule has 1 unspecified atom stereocenters. The first-order valence-electron chi connectivity index (χ1n) is 7.13. The number of likely N-dealkylation sites (N-methyl/N-ethyl adjacent to an activating group) is 1. The standard InChI is InChI=1S/C14H32N2/c1-5-7-8-9-10-11-14(12-15)16(6-2)13(3)4/h13-14H,5-12,15H2,1-4H3. The van der Waals surface area contributed by atoms with Crippen LogP contribution in [0.2, 0.25) is 0 Å². The molecule has 2 heteroatoms. The average molecular weight is 228 g/mol. The van der Waals surface area contributed by atoms with Crippen molar-refractivity contribution in [1.82, 2.24) is 4.90 Å². The molecular formula is C14H32N2. The van der Waals surface area contributed by atoms with Crippen molar-refractivity contribution >= 4 is 0 Å². The van der Waals surface area contributed by atoms with Crippen LogP contribution in [0.1, 0.15) is 66.2 Å². The van der Waals surface area contributed by atoms with Gasteiger partial charge < -0.3 is 5.73 Å². The molecule has 0 saturated carbocycles. The largest absolute Gasteiger partial charge is 0.329 e. The zero-order valence-electron chi connectivity index (χ0n) is 11.8. The van der Waals surface area contributed by atoms with Crippen molar-refractivity contribution in [3.63, 3.8) is 0 Å². The second kappa shape index (κ2) is 10.1. The van der Waals surface area contributed by atoms with Crippen LogP contribution in [-0.2, 0) is 0 Å². The topological polar surface area (TPSA) is 29.3 Å². The molecule has 0 spiro atoms. The van der Waals surface area contributed by atoms with E-state index >= 15 is 0 Å². The van der Waals surface area contributed by atoms with Gasteiger partial charge in [0.05, 0.1) is 0 Å². The Balaban J connectivity index is 3.80. The van der Waals surface area contributed by atoms with Gasteiger partial charge in [-0.05, 0) is 26.8 Å². The highest BCUT2D eigenvalue weighted by Crippen LogP contribution is 2.13. The van der Waals surface area contributed by atoms with Crippen LogP contribution in [-0.4, -0.2) is 30.1 Å². The van der Waals surface area contributed by atoms with Crippen LogP contribution in [0.3, 0.4) is 0 Å². The monoisotopic (exact) mass is 228 g/mol. The SMILES string of the molecule is CCCCCCCC(CN)N(CC)C(C)C. The van der Waals surface area contributed by atoms with E-state index in [0.29, 0.717) is 12.1 Å². The maximum Gasteiger partial charge on any atom is 0.0220 e. The Morgan fingerprint density at radius 2 is 1.62 bits per heavy atom. The van der Waals surface area contributed by atoms with Gasteiger partial charge in [-0.1, -0.05) is 46.0 Å². The highest BCUT2D eigenvalue weighted by Gasteiger charge is 2.17. The van der Waals surface area contributed by atoms with Crippen molar-refractivity contribution in [2.24, 2.45) is 5.73 Å². The first-order chi connectivity index (χ1) is 7.67. The summed E-state index contributed by atoms with van der Waals surface area (Å²) in [4.78, 5) is 2.53. The van der Waals surface area contributed by atoms with Gasteiger partial charge in [-0.3, -0.25) is 4.90 Å². The Hall–Kier alpha value is -0.0800. The summed E-state index contributed by atoms with van der Waals surface area (Å²) in [6.45, 7) is 11.0. The predicted octanol–water partition coefficient (Wildman–Crippen LogP) is 3.40. The van der Waals surface area contributed by atoms with E-state index in [0.717, 1.165) is 13.1 Å². The average Bonchev–Trinajstić information content (AvgIpc) is 2.26. The molecule has 2 N–H and O–H groups in total. The lowest BCUT2D eigenvalue weighted by atomic mass is 10.0. The third-order valence-corrected chi connectivity index (χ3v) is 3.41. The van der Waals surface area contributed by atoms with Crippen LogP contribution in [0.15, 0.2) is 0 Å². The highest BCUT2D eigenvalue weighted by atomic mass is 15.2. The number of rotatable bonds is 10. The van der Waals surface area contributed by atoms with Crippen molar-refractivity contribution in [2.45, 2.75) is 78.3 Å². The third kappa shape index (κ3) is 6.49. The molecule has 0 fully saturated rings. The van der Waals surface area contributed by atoms with Crippen molar-refractivity contribution in [1.29, 1.82) is 0 Å². The summed E-state index contributed by atoms with van der Waals surface area (Å²) in [6.07, 6.45) is 8.08. The molecule has 2 nitrogen and oxygen atoms in total. The van der Waals surface area contributed by atoms with Crippen LogP contribution in [0.5, 0.6) is 0 Å². The van der Waals surface area contributed by atoms with Crippen LogP contribution in [0.25, 0.3) is 0 Å². The highest BCUT2D eigenvalue weighted by molar-refractivity contribution is 4.74. The summed E-state index contributed by atoms with van der Waals surface area (Å²) in [7, 11) is 0. The molecule has 0 radical (unpaired) electrons. The summed E-state index contributed by atoms with van der Waals surface area (Å²) in [5.74, 6) is 0. The van der Waals surface area contributed by atoms with Crippen LogP contribution in [0, 0.1) is 0 Å². The molecule has 1 atom stereocenters. The molecule has 0 aromatic carbocycles. The Morgan fingerprint density at radius 1 is 1.00 bits per heavy atom. The molecule has 0 saturated heterocycles. The van der Waals surface area contributed by atoms with E-state index in [9.17, 15) is 0 Å². The van der Waals surface area contributed by atoms with Crippen LogP contribution < -0.4 is 5.73 Å². The van der Waals surface area contributed by atoms with E-state index < -0.39 is 0 Å². The maximum atomic E-state index is 5.89. The Labute approximate surface area is 103 Å². The quantitative estimate of drug-likeness (QED) is 0.581. The van der Waals surface area contributed by atoms with E-state index in [1.807, 2.05) is 0 Å². The molecule has 0 aliphatic carbocycles. The lowest BCUT2D eigenvalue weighted by Gasteiger charge is -2.33. The normalized spacial score (nSPS) is 13.7. The maximum absolute atomic E-state index is 5.89. The Kier molecular flexibility index (Phi) is 10.0.